The summed E-state index contributed by atoms with van der Waals surface area (Å²) < 4.78 is 26.3. The summed E-state index contributed by atoms with van der Waals surface area (Å²) in [6, 6.07) is 0. The van der Waals surface area contributed by atoms with E-state index in [1.165, 1.54) is 0 Å². The quantitative estimate of drug-likeness (QED) is 0.703. The largest absolute Gasteiger partial charge is 0.269 e. The van der Waals surface area contributed by atoms with E-state index in [2.05, 4.69) is 43.6 Å². The average molecular weight is 407 g/mol. The maximum atomic E-state index is 11.4. The van der Waals surface area contributed by atoms with Crippen molar-refractivity contribution >= 4 is 48.4 Å². The first-order valence-electron chi connectivity index (χ1n) is 4.53. The molecule has 1 aromatic heterocycles. The van der Waals surface area contributed by atoms with Crippen LogP contribution in [0.25, 0.3) is 0 Å². The zero-order chi connectivity index (χ0) is 11.5. The fourth-order valence-corrected chi connectivity index (χ4v) is 3.16. The molecule has 0 atom stereocenters. The summed E-state index contributed by atoms with van der Waals surface area (Å²) in [5.41, 5.74) is 0. The Kier molecular flexibility index (Phi) is 5.04. The number of rotatable bonds is 5. The molecule has 4 nitrogen and oxygen atoms in total. The number of nitrogens with zero attached hydrogens (tertiary/aromatic N) is 2. The smallest absolute Gasteiger partial charge is 0.152 e. The molecule has 0 saturated heterocycles. The number of halogens is 2. The zero-order valence-corrected chi connectivity index (χ0v) is 12.8. The standard InChI is InChI=1S/C8H12BrIN2O2S/c1-2-4-15(13,14)5-3-12-6-7(9)8(10)11-12/h6H,2-5H2,1H3. The van der Waals surface area contributed by atoms with Crippen LogP contribution < -0.4 is 0 Å². The van der Waals surface area contributed by atoms with Crippen LogP contribution in [0.4, 0.5) is 0 Å². The monoisotopic (exact) mass is 406 g/mol. The summed E-state index contributed by atoms with van der Waals surface area (Å²) in [4.78, 5) is 0. The first-order chi connectivity index (χ1) is 6.94. The molecule has 86 valence electrons. The summed E-state index contributed by atoms with van der Waals surface area (Å²) in [6.07, 6.45) is 2.46. The second kappa shape index (κ2) is 5.62. The Morgan fingerprint density at radius 2 is 2.20 bits per heavy atom. The molecule has 0 bridgehead atoms. The lowest BCUT2D eigenvalue weighted by Crippen LogP contribution is -2.16. The molecule has 1 rings (SSSR count). The minimum absolute atomic E-state index is 0.158. The third-order valence-corrected chi connectivity index (χ3v) is 5.78. The third kappa shape index (κ3) is 4.39. The van der Waals surface area contributed by atoms with E-state index in [4.69, 9.17) is 0 Å². The van der Waals surface area contributed by atoms with Crippen LogP contribution in [0.2, 0.25) is 0 Å². The highest BCUT2D eigenvalue weighted by Crippen LogP contribution is 2.16. The molecule has 0 spiro atoms. The Hall–Kier alpha value is 0.370. The van der Waals surface area contributed by atoms with Crippen LogP contribution in [0.5, 0.6) is 0 Å². The predicted octanol–water partition coefficient (Wildman–Crippen LogP) is 2.08. The lowest BCUT2D eigenvalue weighted by Gasteiger charge is -2.02. The zero-order valence-electron chi connectivity index (χ0n) is 8.28. The molecule has 1 aromatic rings. The normalized spacial score (nSPS) is 11.9. The molecule has 0 aliphatic carbocycles. The van der Waals surface area contributed by atoms with Gasteiger partial charge in [-0.2, -0.15) is 5.10 Å². The van der Waals surface area contributed by atoms with Crippen molar-refractivity contribution in [2.24, 2.45) is 0 Å². The predicted molar refractivity (Wildman–Crippen MR) is 71.6 cm³/mol. The van der Waals surface area contributed by atoms with Crippen molar-refractivity contribution in [1.29, 1.82) is 0 Å². The fourth-order valence-electron chi connectivity index (χ4n) is 1.13. The minimum Gasteiger partial charge on any atom is -0.269 e. The van der Waals surface area contributed by atoms with Gasteiger partial charge in [0.1, 0.15) is 3.70 Å². The van der Waals surface area contributed by atoms with Crippen molar-refractivity contribution < 1.29 is 8.42 Å². The molecule has 1 heterocycles. The molecule has 0 fully saturated rings. The molecule has 15 heavy (non-hydrogen) atoms. The maximum Gasteiger partial charge on any atom is 0.152 e. The van der Waals surface area contributed by atoms with Crippen LogP contribution in [0, 0.1) is 3.70 Å². The number of hydrogen-bond acceptors (Lipinski definition) is 3. The summed E-state index contributed by atoms with van der Waals surface area (Å²) in [5.74, 6) is 0.414. The summed E-state index contributed by atoms with van der Waals surface area (Å²) >= 11 is 5.42. The average Bonchev–Trinajstić information content (AvgIpc) is 2.44. The van der Waals surface area contributed by atoms with Gasteiger partial charge in [0.2, 0.25) is 0 Å². The van der Waals surface area contributed by atoms with E-state index in [1.807, 2.05) is 6.92 Å². The van der Waals surface area contributed by atoms with Gasteiger partial charge in [0, 0.05) is 11.9 Å². The van der Waals surface area contributed by atoms with Crippen LogP contribution in [0.1, 0.15) is 13.3 Å². The lowest BCUT2D eigenvalue weighted by molar-refractivity contribution is 0.579. The van der Waals surface area contributed by atoms with Crippen molar-refractivity contribution in [2.75, 3.05) is 11.5 Å². The number of aromatic nitrogens is 2. The molecule has 0 aromatic carbocycles. The summed E-state index contributed by atoms with van der Waals surface area (Å²) in [6.45, 7) is 2.29. The molecule has 7 heteroatoms. The highest BCUT2D eigenvalue weighted by atomic mass is 127. The second-order valence-electron chi connectivity index (χ2n) is 3.18. The van der Waals surface area contributed by atoms with Gasteiger partial charge in [0.15, 0.2) is 9.84 Å². The highest BCUT2D eigenvalue weighted by Gasteiger charge is 2.10. The SMILES string of the molecule is CCCS(=O)(=O)CCn1cc(Br)c(I)n1. The van der Waals surface area contributed by atoms with Crippen LogP contribution in [0.15, 0.2) is 10.7 Å². The highest BCUT2D eigenvalue weighted by molar-refractivity contribution is 14.1. The molecule has 0 unspecified atom stereocenters. The second-order valence-corrected chi connectivity index (χ2v) is 7.36. The lowest BCUT2D eigenvalue weighted by atomic mass is 10.6. The number of sulfone groups is 1. The molecular weight excluding hydrogens is 395 g/mol. The number of hydrogen-bond donors (Lipinski definition) is 0. The van der Waals surface area contributed by atoms with Crippen molar-refractivity contribution in [1.82, 2.24) is 9.78 Å². The molecule has 0 amide bonds. The van der Waals surface area contributed by atoms with Crippen LogP contribution in [0.3, 0.4) is 0 Å². The minimum atomic E-state index is -2.91. The van der Waals surface area contributed by atoms with Gasteiger partial charge in [-0.05, 0) is 44.9 Å². The molecule has 0 saturated carbocycles. The van der Waals surface area contributed by atoms with Gasteiger partial charge in [-0.3, -0.25) is 4.68 Å². The van der Waals surface area contributed by atoms with Crippen molar-refractivity contribution in [3.05, 3.63) is 14.4 Å². The van der Waals surface area contributed by atoms with Gasteiger partial charge in [0.05, 0.1) is 16.8 Å². The molecule has 0 N–H and O–H groups in total. The Morgan fingerprint density at radius 1 is 1.53 bits per heavy atom. The Bertz CT molecular complexity index is 410. The topological polar surface area (TPSA) is 52.0 Å². The van der Waals surface area contributed by atoms with Gasteiger partial charge < -0.3 is 0 Å². The van der Waals surface area contributed by atoms with E-state index in [0.29, 0.717) is 13.0 Å². The summed E-state index contributed by atoms with van der Waals surface area (Å²) in [5, 5.41) is 4.17. The van der Waals surface area contributed by atoms with E-state index >= 15 is 0 Å². The Morgan fingerprint density at radius 3 is 2.67 bits per heavy atom. The van der Waals surface area contributed by atoms with Crippen LogP contribution in [-0.4, -0.2) is 29.7 Å². The summed E-state index contributed by atoms with van der Waals surface area (Å²) in [7, 11) is -2.91. The first kappa shape index (κ1) is 13.4. The van der Waals surface area contributed by atoms with Gasteiger partial charge in [-0.25, -0.2) is 8.42 Å². The van der Waals surface area contributed by atoms with Crippen molar-refractivity contribution in [3.63, 3.8) is 0 Å². The Balaban J connectivity index is 2.57. The molecule has 0 aliphatic heterocycles. The van der Waals surface area contributed by atoms with E-state index in [9.17, 15) is 8.42 Å². The fraction of sp³-hybridized carbons (Fsp3) is 0.625. The molecule has 0 aliphatic rings. The third-order valence-electron chi connectivity index (χ3n) is 1.82. The van der Waals surface area contributed by atoms with Crippen LogP contribution in [-0.2, 0) is 16.4 Å². The van der Waals surface area contributed by atoms with E-state index in [1.54, 1.807) is 10.9 Å². The van der Waals surface area contributed by atoms with Crippen LogP contribution >= 0.6 is 38.5 Å². The molecular formula is C8H12BrIN2O2S. The van der Waals surface area contributed by atoms with E-state index < -0.39 is 9.84 Å². The number of aryl methyl sites for hydroxylation is 1. The molecule has 0 radical (unpaired) electrons. The maximum absolute atomic E-state index is 11.4. The van der Waals surface area contributed by atoms with Gasteiger partial charge >= 0.3 is 0 Å². The van der Waals surface area contributed by atoms with Gasteiger partial charge in [-0.15, -0.1) is 0 Å². The van der Waals surface area contributed by atoms with E-state index in [0.717, 1.165) is 8.17 Å². The Labute approximate surface area is 112 Å². The van der Waals surface area contributed by atoms with Gasteiger partial charge in [-0.1, -0.05) is 6.92 Å². The first-order valence-corrected chi connectivity index (χ1v) is 8.23. The van der Waals surface area contributed by atoms with E-state index in [-0.39, 0.29) is 11.5 Å². The van der Waals surface area contributed by atoms with Crippen molar-refractivity contribution in [3.8, 4) is 0 Å². The van der Waals surface area contributed by atoms with Gasteiger partial charge in [0.25, 0.3) is 0 Å². The van der Waals surface area contributed by atoms with Crippen molar-refractivity contribution in [2.45, 2.75) is 19.9 Å².